The molecule has 1 saturated heterocycles. The third kappa shape index (κ3) is 7.68. The Bertz CT molecular complexity index is 766. The average Bonchev–Trinajstić information content (AvgIpc) is 3.05. The van der Waals surface area contributed by atoms with Gasteiger partial charge in [0.15, 0.2) is 5.96 Å². The third-order valence-electron chi connectivity index (χ3n) is 5.07. The summed E-state index contributed by atoms with van der Waals surface area (Å²) < 4.78 is 0. The lowest BCUT2D eigenvalue weighted by Gasteiger charge is -2.21. The van der Waals surface area contributed by atoms with Crippen molar-refractivity contribution < 1.29 is 0 Å². The van der Waals surface area contributed by atoms with Gasteiger partial charge in [-0.05, 0) is 37.3 Å². The molecule has 166 valence electrons. The molecule has 1 fully saturated rings. The van der Waals surface area contributed by atoms with Crippen molar-refractivity contribution >= 4 is 47.1 Å². The molecule has 2 aromatic heterocycles. The van der Waals surface area contributed by atoms with Gasteiger partial charge in [-0.2, -0.15) is 0 Å². The molecule has 0 bridgehead atoms. The van der Waals surface area contributed by atoms with Gasteiger partial charge in [0.05, 0.1) is 18.8 Å². The smallest absolute Gasteiger partial charge is 0.191 e. The predicted octanol–water partition coefficient (Wildman–Crippen LogP) is 4.92. The van der Waals surface area contributed by atoms with Gasteiger partial charge in [-0.15, -0.1) is 35.3 Å². The molecule has 6 nitrogen and oxygen atoms in total. The Morgan fingerprint density at radius 1 is 1.17 bits per heavy atom. The van der Waals surface area contributed by atoms with Crippen LogP contribution in [0.4, 0.5) is 5.82 Å². The zero-order valence-electron chi connectivity index (χ0n) is 18.4. The highest BCUT2D eigenvalue weighted by atomic mass is 127. The maximum absolute atomic E-state index is 4.72. The quantitative estimate of drug-likeness (QED) is 0.296. The molecule has 2 N–H and O–H groups in total. The Labute approximate surface area is 202 Å². The highest BCUT2D eigenvalue weighted by Gasteiger charge is 2.11. The molecule has 3 rings (SSSR count). The molecule has 2 aromatic rings. The molecule has 0 aliphatic carbocycles. The van der Waals surface area contributed by atoms with Crippen molar-refractivity contribution in [2.45, 2.75) is 65.5 Å². The highest BCUT2D eigenvalue weighted by molar-refractivity contribution is 14.0. The van der Waals surface area contributed by atoms with Crippen LogP contribution in [-0.2, 0) is 13.1 Å². The average molecular weight is 543 g/mol. The number of hydrogen-bond donors (Lipinski definition) is 2. The zero-order chi connectivity index (χ0) is 20.5. The molecule has 0 atom stereocenters. The van der Waals surface area contributed by atoms with Crippen molar-refractivity contribution in [3.8, 4) is 0 Å². The van der Waals surface area contributed by atoms with Crippen LogP contribution in [0.1, 0.15) is 68.6 Å². The molecular formula is C22H35IN6S. The molecular weight excluding hydrogens is 507 g/mol. The number of pyridine rings is 1. The number of hydrogen-bond acceptors (Lipinski definition) is 5. The van der Waals surface area contributed by atoms with E-state index < -0.39 is 0 Å². The highest BCUT2D eigenvalue weighted by Crippen LogP contribution is 2.18. The molecule has 0 amide bonds. The summed E-state index contributed by atoms with van der Waals surface area (Å²) in [4.78, 5) is 16.5. The number of rotatable bonds is 7. The first-order chi connectivity index (χ1) is 14.2. The van der Waals surface area contributed by atoms with Crippen molar-refractivity contribution in [1.29, 1.82) is 0 Å². The van der Waals surface area contributed by atoms with Crippen molar-refractivity contribution in [3.05, 3.63) is 40.0 Å². The topological polar surface area (TPSA) is 65.4 Å². The normalized spacial score (nSPS) is 14.9. The van der Waals surface area contributed by atoms with Crippen LogP contribution in [-0.4, -0.2) is 35.6 Å². The number of aromatic nitrogens is 2. The van der Waals surface area contributed by atoms with Gasteiger partial charge in [0.25, 0.3) is 0 Å². The SMILES string of the molecule is CCNC(=NCc1ccc(N2CCCCCC2)nc1)NCc1nc(C(C)C)cs1.I. The van der Waals surface area contributed by atoms with Crippen LogP contribution in [0, 0.1) is 0 Å². The largest absolute Gasteiger partial charge is 0.357 e. The van der Waals surface area contributed by atoms with Crippen molar-refractivity contribution in [2.75, 3.05) is 24.5 Å². The monoisotopic (exact) mass is 542 g/mol. The van der Waals surface area contributed by atoms with E-state index in [4.69, 9.17) is 4.99 Å². The summed E-state index contributed by atoms with van der Waals surface area (Å²) in [5.74, 6) is 2.37. The van der Waals surface area contributed by atoms with Crippen LogP contribution in [0.2, 0.25) is 0 Å². The fourth-order valence-corrected chi connectivity index (χ4v) is 4.24. The van der Waals surface area contributed by atoms with E-state index in [9.17, 15) is 0 Å². The maximum Gasteiger partial charge on any atom is 0.191 e. The first-order valence-corrected chi connectivity index (χ1v) is 11.7. The summed E-state index contributed by atoms with van der Waals surface area (Å²) in [7, 11) is 0. The summed E-state index contributed by atoms with van der Waals surface area (Å²) in [6.45, 7) is 10.8. The number of thiazole rings is 1. The van der Waals surface area contributed by atoms with Crippen molar-refractivity contribution in [1.82, 2.24) is 20.6 Å². The van der Waals surface area contributed by atoms with Gasteiger partial charge in [-0.1, -0.05) is 32.8 Å². The van der Waals surface area contributed by atoms with E-state index in [2.05, 4.69) is 63.8 Å². The van der Waals surface area contributed by atoms with Crippen LogP contribution < -0.4 is 15.5 Å². The van der Waals surface area contributed by atoms with Gasteiger partial charge in [0.1, 0.15) is 10.8 Å². The first-order valence-electron chi connectivity index (χ1n) is 10.8. The molecule has 0 saturated carbocycles. The standard InChI is InChI=1S/C22H34N6S.HI/c1-4-23-22(26-15-21-27-19(16-29-21)17(2)3)25-14-18-9-10-20(24-13-18)28-11-7-5-6-8-12-28;/h9-10,13,16-17H,4-8,11-12,14-15H2,1-3H3,(H2,23,25,26);1H. The minimum Gasteiger partial charge on any atom is -0.357 e. The third-order valence-corrected chi connectivity index (χ3v) is 5.94. The van der Waals surface area contributed by atoms with E-state index in [0.29, 0.717) is 19.0 Å². The van der Waals surface area contributed by atoms with Crippen LogP contribution in [0.25, 0.3) is 0 Å². The van der Waals surface area contributed by atoms with E-state index in [1.54, 1.807) is 11.3 Å². The Morgan fingerprint density at radius 2 is 1.93 bits per heavy atom. The molecule has 3 heterocycles. The number of nitrogens with one attached hydrogen (secondary N) is 2. The summed E-state index contributed by atoms with van der Waals surface area (Å²) in [5.41, 5.74) is 2.28. The number of halogens is 1. The van der Waals surface area contributed by atoms with Gasteiger partial charge in [0.2, 0.25) is 0 Å². The van der Waals surface area contributed by atoms with E-state index in [1.807, 2.05) is 6.20 Å². The zero-order valence-corrected chi connectivity index (χ0v) is 21.5. The molecule has 30 heavy (non-hydrogen) atoms. The lowest BCUT2D eigenvalue weighted by atomic mass is 10.2. The molecule has 0 unspecified atom stereocenters. The molecule has 0 aromatic carbocycles. The lowest BCUT2D eigenvalue weighted by Crippen LogP contribution is -2.36. The van der Waals surface area contributed by atoms with Gasteiger partial charge in [0, 0.05) is 31.2 Å². The van der Waals surface area contributed by atoms with Crippen molar-refractivity contribution in [3.63, 3.8) is 0 Å². The summed E-state index contributed by atoms with van der Waals surface area (Å²) in [6, 6.07) is 4.29. The van der Waals surface area contributed by atoms with Crippen LogP contribution in [0.3, 0.4) is 0 Å². The van der Waals surface area contributed by atoms with E-state index in [0.717, 1.165) is 47.7 Å². The molecule has 0 radical (unpaired) electrons. The number of anilines is 1. The number of guanidine groups is 1. The summed E-state index contributed by atoms with van der Waals surface area (Å²) in [5, 5.41) is 9.93. The van der Waals surface area contributed by atoms with Gasteiger partial charge in [-0.3, -0.25) is 0 Å². The minimum absolute atomic E-state index is 0. The van der Waals surface area contributed by atoms with Crippen LogP contribution in [0.5, 0.6) is 0 Å². The van der Waals surface area contributed by atoms with Gasteiger partial charge < -0.3 is 15.5 Å². The second kappa shape index (κ2) is 13.1. The Kier molecular flexibility index (Phi) is 10.8. The number of aliphatic imine (C=N–C) groups is 1. The second-order valence-corrected chi connectivity index (χ2v) is 8.74. The fraction of sp³-hybridized carbons (Fsp3) is 0.591. The van der Waals surface area contributed by atoms with Gasteiger partial charge >= 0.3 is 0 Å². The molecule has 8 heteroatoms. The molecule has 0 spiro atoms. The van der Waals surface area contributed by atoms with E-state index in [-0.39, 0.29) is 24.0 Å². The fourth-order valence-electron chi connectivity index (χ4n) is 3.34. The maximum atomic E-state index is 4.72. The predicted molar refractivity (Wildman–Crippen MR) is 138 cm³/mol. The molecule has 1 aliphatic heterocycles. The van der Waals surface area contributed by atoms with Crippen LogP contribution >= 0.6 is 35.3 Å². The second-order valence-electron chi connectivity index (χ2n) is 7.80. The van der Waals surface area contributed by atoms with E-state index >= 15 is 0 Å². The Hall–Kier alpha value is -1.42. The Morgan fingerprint density at radius 3 is 2.53 bits per heavy atom. The minimum atomic E-state index is 0. The van der Waals surface area contributed by atoms with E-state index in [1.165, 1.54) is 25.7 Å². The van der Waals surface area contributed by atoms with Gasteiger partial charge in [-0.25, -0.2) is 15.0 Å². The summed E-state index contributed by atoms with van der Waals surface area (Å²) in [6.07, 6.45) is 7.17. The lowest BCUT2D eigenvalue weighted by molar-refractivity contribution is 0.726. The first kappa shape index (κ1) is 24.8. The van der Waals surface area contributed by atoms with Crippen LogP contribution in [0.15, 0.2) is 28.7 Å². The number of nitrogens with zero attached hydrogens (tertiary/aromatic N) is 4. The molecule has 1 aliphatic rings. The van der Waals surface area contributed by atoms with Crippen molar-refractivity contribution in [2.24, 2.45) is 4.99 Å². The Balaban J connectivity index is 0.00000320. The summed E-state index contributed by atoms with van der Waals surface area (Å²) >= 11 is 1.70.